The first-order chi connectivity index (χ1) is 8.25. The van der Waals surface area contributed by atoms with E-state index in [-0.39, 0.29) is 0 Å². The SMILES string of the molecule is N=c1ccc(N2CCCC2)c2ccn(O)cc1-2. The van der Waals surface area contributed by atoms with Crippen LogP contribution >= 0.6 is 0 Å². The topological polar surface area (TPSA) is 52.2 Å². The molecular weight excluding hydrogens is 214 g/mol. The normalized spacial score (nSPS) is 15.6. The third-order valence-electron chi connectivity index (χ3n) is 3.37. The minimum Gasteiger partial charge on any atom is -0.429 e. The van der Waals surface area contributed by atoms with Crippen molar-refractivity contribution in [1.29, 1.82) is 5.41 Å². The zero-order valence-corrected chi connectivity index (χ0v) is 9.56. The van der Waals surface area contributed by atoms with E-state index in [4.69, 9.17) is 5.41 Å². The van der Waals surface area contributed by atoms with Gasteiger partial charge in [0.05, 0.1) is 11.6 Å². The van der Waals surface area contributed by atoms with Crippen LogP contribution < -0.4 is 10.3 Å². The van der Waals surface area contributed by atoms with Gasteiger partial charge in [-0.05, 0) is 31.0 Å². The van der Waals surface area contributed by atoms with E-state index in [9.17, 15) is 5.21 Å². The summed E-state index contributed by atoms with van der Waals surface area (Å²) in [5.41, 5.74) is 3.01. The van der Waals surface area contributed by atoms with Crippen molar-refractivity contribution in [1.82, 2.24) is 4.73 Å². The first-order valence-corrected chi connectivity index (χ1v) is 5.89. The van der Waals surface area contributed by atoms with Crippen LogP contribution in [0.2, 0.25) is 0 Å². The Hall–Kier alpha value is -1.97. The highest BCUT2D eigenvalue weighted by molar-refractivity contribution is 5.79. The number of fused-ring (bicyclic) bond motifs is 1. The van der Waals surface area contributed by atoms with Gasteiger partial charge in [0.25, 0.3) is 0 Å². The van der Waals surface area contributed by atoms with Crippen LogP contribution in [0.15, 0.2) is 30.6 Å². The van der Waals surface area contributed by atoms with E-state index < -0.39 is 0 Å². The fourth-order valence-electron chi connectivity index (χ4n) is 2.50. The number of nitrogens with zero attached hydrogens (tertiary/aromatic N) is 2. The summed E-state index contributed by atoms with van der Waals surface area (Å²) in [5.74, 6) is 0. The summed E-state index contributed by atoms with van der Waals surface area (Å²) in [6.45, 7) is 2.17. The van der Waals surface area contributed by atoms with Crippen molar-refractivity contribution in [2.45, 2.75) is 12.8 Å². The highest BCUT2D eigenvalue weighted by Gasteiger charge is 2.18. The van der Waals surface area contributed by atoms with Gasteiger partial charge in [-0.1, -0.05) is 0 Å². The Labute approximate surface area is 99.5 Å². The van der Waals surface area contributed by atoms with Gasteiger partial charge in [0.2, 0.25) is 0 Å². The molecule has 0 atom stereocenters. The van der Waals surface area contributed by atoms with Crippen molar-refractivity contribution in [3.8, 4) is 11.1 Å². The molecular formula is C13H15N3O. The van der Waals surface area contributed by atoms with E-state index in [1.54, 1.807) is 18.5 Å². The molecule has 0 spiro atoms. The van der Waals surface area contributed by atoms with E-state index in [1.165, 1.54) is 18.5 Å². The molecule has 2 aliphatic heterocycles. The number of nitrogens with one attached hydrogen (secondary N) is 1. The summed E-state index contributed by atoms with van der Waals surface area (Å²) in [4.78, 5) is 2.35. The summed E-state index contributed by atoms with van der Waals surface area (Å²) < 4.78 is 1.01. The van der Waals surface area contributed by atoms with Crippen LogP contribution in [0, 0.1) is 5.41 Å². The predicted molar refractivity (Wildman–Crippen MR) is 65.5 cm³/mol. The number of hydrogen-bond donors (Lipinski definition) is 2. The molecule has 0 amide bonds. The van der Waals surface area contributed by atoms with Crippen LogP contribution in [0.4, 0.5) is 5.69 Å². The molecule has 0 saturated carbocycles. The molecule has 2 heterocycles. The number of hydrogen-bond acceptors (Lipinski definition) is 3. The third-order valence-corrected chi connectivity index (χ3v) is 3.37. The van der Waals surface area contributed by atoms with Crippen LogP contribution in [-0.2, 0) is 0 Å². The molecule has 2 N–H and O–H groups in total. The van der Waals surface area contributed by atoms with Crippen molar-refractivity contribution < 1.29 is 5.21 Å². The van der Waals surface area contributed by atoms with Gasteiger partial charge in [0, 0.05) is 36.1 Å². The summed E-state index contributed by atoms with van der Waals surface area (Å²) in [5, 5.41) is 17.8. The number of aromatic nitrogens is 1. The maximum Gasteiger partial charge on any atom is 0.0635 e. The molecule has 88 valence electrons. The lowest BCUT2D eigenvalue weighted by atomic mass is 10.0. The van der Waals surface area contributed by atoms with E-state index in [1.807, 2.05) is 12.1 Å². The van der Waals surface area contributed by atoms with Crippen molar-refractivity contribution in [3.63, 3.8) is 0 Å². The number of anilines is 1. The maximum absolute atomic E-state index is 9.43. The summed E-state index contributed by atoms with van der Waals surface area (Å²) in [7, 11) is 0. The van der Waals surface area contributed by atoms with Gasteiger partial charge in [-0.15, -0.1) is 0 Å². The van der Waals surface area contributed by atoms with Gasteiger partial charge < -0.3 is 15.5 Å². The van der Waals surface area contributed by atoms with Crippen LogP contribution in [0.1, 0.15) is 12.8 Å². The first kappa shape index (κ1) is 10.2. The Balaban J connectivity index is 2.20. The van der Waals surface area contributed by atoms with Gasteiger partial charge in [-0.3, -0.25) is 0 Å². The first-order valence-electron chi connectivity index (χ1n) is 5.89. The Bertz CT molecular complexity index is 569. The zero-order chi connectivity index (χ0) is 11.8. The van der Waals surface area contributed by atoms with Crippen molar-refractivity contribution in [2.24, 2.45) is 0 Å². The van der Waals surface area contributed by atoms with E-state index in [2.05, 4.69) is 4.90 Å². The van der Waals surface area contributed by atoms with E-state index in [0.717, 1.165) is 28.9 Å². The molecule has 0 bridgehead atoms. The lowest BCUT2D eigenvalue weighted by molar-refractivity contribution is 0.184. The molecule has 3 rings (SSSR count). The molecule has 0 radical (unpaired) electrons. The Morgan fingerprint density at radius 2 is 1.82 bits per heavy atom. The summed E-state index contributed by atoms with van der Waals surface area (Å²) in [6, 6.07) is 5.69. The van der Waals surface area contributed by atoms with Crippen LogP contribution in [-0.4, -0.2) is 23.0 Å². The lowest BCUT2D eigenvalue weighted by Gasteiger charge is -2.22. The molecule has 0 unspecified atom stereocenters. The second-order valence-electron chi connectivity index (χ2n) is 4.48. The second-order valence-corrected chi connectivity index (χ2v) is 4.48. The quantitative estimate of drug-likeness (QED) is 0.734. The molecule has 3 aliphatic rings. The standard InChI is InChI=1S/C13H15N3O/c14-12-3-4-13(15-6-1-2-7-15)10-5-8-16(17)9-11(10)12/h3-5,8-9,14,17H,1-2,6-7H2. The number of rotatable bonds is 1. The van der Waals surface area contributed by atoms with Gasteiger partial charge in [-0.2, -0.15) is 0 Å². The largest absolute Gasteiger partial charge is 0.429 e. The molecule has 1 fully saturated rings. The van der Waals surface area contributed by atoms with Crippen LogP contribution in [0.5, 0.6) is 0 Å². The summed E-state index contributed by atoms with van der Waals surface area (Å²) in [6.07, 6.45) is 5.67. The molecule has 0 aromatic heterocycles. The monoisotopic (exact) mass is 229 g/mol. The minimum absolute atomic E-state index is 0.450. The van der Waals surface area contributed by atoms with Crippen molar-refractivity contribution in [3.05, 3.63) is 36.0 Å². The van der Waals surface area contributed by atoms with Crippen LogP contribution in [0.25, 0.3) is 11.1 Å². The van der Waals surface area contributed by atoms with Crippen molar-refractivity contribution in [2.75, 3.05) is 18.0 Å². The third kappa shape index (κ3) is 1.65. The van der Waals surface area contributed by atoms with Gasteiger partial charge in [0.1, 0.15) is 0 Å². The average Bonchev–Trinajstić information content (AvgIpc) is 2.84. The second kappa shape index (κ2) is 3.80. The van der Waals surface area contributed by atoms with Gasteiger partial charge in [0.15, 0.2) is 0 Å². The highest BCUT2D eigenvalue weighted by Crippen LogP contribution is 2.31. The predicted octanol–water partition coefficient (Wildman–Crippen LogP) is 1.91. The zero-order valence-electron chi connectivity index (χ0n) is 9.56. The Morgan fingerprint density at radius 3 is 2.59 bits per heavy atom. The molecule has 0 aromatic rings. The molecule has 1 aliphatic carbocycles. The fourth-order valence-corrected chi connectivity index (χ4v) is 2.50. The van der Waals surface area contributed by atoms with Crippen molar-refractivity contribution >= 4 is 5.69 Å². The van der Waals surface area contributed by atoms with E-state index in [0.29, 0.717) is 5.36 Å². The fraction of sp³-hybridized carbons (Fsp3) is 0.308. The number of benzene rings is 1. The van der Waals surface area contributed by atoms with Gasteiger partial charge in [-0.25, -0.2) is 4.73 Å². The lowest BCUT2D eigenvalue weighted by Crippen LogP contribution is -2.20. The van der Waals surface area contributed by atoms with E-state index >= 15 is 0 Å². The summed E-state index contributed by atoms with van der Waals surface area (Å²) >= 11 is 0. The molecule has 0 aromatic carbocycles. The van der Waals surface area contributed by atoms with Crippen LogP contribution in [0.3, 0.4) is 0 Å². The molecule has 17 heavy (non-hydrogen) atoms. The minimum atomic E-state index is 0.450. The number of pyridine rings is 1. The smallest absolute Gasteiger partial charge is 0.0635 e. The molecule has 4 nitrogen and oxygen atoms in total. The average molecular weight is 229 g/mol. The Kier molecular flexibility index (Phi) is 2.28. The Morgan fingerprint density at radius 1 is 1.06 bits per heavy atom. The van der Waals surface area contributed by atoms with Gasteiger partial charge >= 0.3 is 0 Å². The molecule has 1 saturated heterocycles. The molecule has 4 heteroatoms. The highest BCUT2D eigenvalue weighted by atomic mass is 16.5. The maximum atomic E-state index is 9.43.